The van der Waals surface area contributed by atoms with Crippen LogP contribution in [-0.2, 0) is 10.7 Å². The van der Waals surface area contributed by atoms with Crippen molar-refractivity contribution in [2.24, 2.45) is 0 Å². The zero-order valence-corrected chi connectivity index (χ0v) is 15.9. The Labute approximate surface area is 139 Å². The van der Waals surface area contributed by atoms with Gasteiger partial charge >= 0.3 is 0 Å². The molecule has 1 unspecified atom stereocenters. The van der Waals surface area contributed by atoms with Crippen LogP contribution in [0, 0.1) is 0 Å². The molecule has 1 aliphatic heterocycles. The Bertz CT molecular complexity index is 356. The summed E-state index contributed by atoms with van der Waals surface area (Å²) in [7, 11) is -2.23. The molecule has 1 heterocycles. The summed E-state index contributed by atoms with van der Waals surface area (Å²) in [6.45, 7) is 8.39. The van der Waals surface area contributed by atoms with Crippen LogP contribution in [-0.4, -0.2) is 37.2 Å². The average molecular weight is 332 g/mol. The molecule has 22 heavy (non-hydrogen) atoms. The van der Waals surface area contributed by atoms with Crippen molar-refractivity contribution < 1.29 is 8.42 Å². The first-order chi connectivity index (χ1) is 10.5. The summed E-state index contributed by atoms with van der Waals surface area (Å²) >= 11 is 0. The lowest BCUT2D eigenvalue weighted by atomic mass is 9.84. The molecule has 132 valence electrons. The first-order valence-electron chi connectivity index (χ1n) is 9.42. The predicted molar refractivity (Wildman–Crippen MR) is 96.2 cm³/mol. The highest BCUT2D eigenvalue weighted by Gasteiger charge is 2.40. The highest BCUT2D eigenvalue weighted by molar-refractivity contribution is 7.73. The van der Waals surface area contributed by atoms with Gasteiger partial charge in [0.25, 0.3) is 0 Å². The molecule has 0 amide bonds. The molecule has 0 aliphatic carbocycles. The van der Waals surface area contributed by atoms with Gasteiger partial charge in [0.1, 0.15) is 10.7 Å². The molecular weight excluding hydrogens is 294 g/mol. The minimum absolute atomic E-state index is 0.0925. The van der Waals surface area contributed by atoms with Gasteiger partial charge in [-0.3, -0.25) is 4.90 Å². The third-order valence-corrected chi connectivity index (χ3v) is 6.23. The zero-order valence-electron chi connectivity index (χ0n) is 15.0. The first-order valence-corrected chi connectivity index (χ1v) is 10.7. The largest absolute Gasteiger partial charge is 0.295 e. The van der Waals surface area contributed by atoms with Crippen molar-refractivity contribution in [1.29, 1.82) is 0 Å². The van der Waals surface area contributed by atoms with Gasteiger partial charge in [0, 0.05) is 18.6 Å². The third-order valence-electron chi connectivity index (χ3n) is 5.31. The van der Waals surface area contributed by atoms with Gasteiger partial charge in [-0.15, -0.1) is 0 Å². The van der Waals surface area contributed by atoms with Gasteiger partial charge in [-0.25, -0.2) is 8.42 Å². The van der Waals surface area contributed by atoms with Crippen LogP contribution in [0.4, 0.5) is 0 Å². The molecule has 0 aromatic rings. The predicted octanol–water partition coefficient (Wildman–Crippen LogP) is 4.37. The molecule has 1 aliphatic rings. The number of rotatable bonds is 13. The van der Waals surface area contributed by atoms with E-state index in [1.54, 1.807) is 0 Å². The van der Waals surface area contributed by atoms with Crippen LogP contribution in [0.3, 0.4) is 0 Å². The van der Waals surface area contributed by atoms with Crippen LogP contribution < -0.4 is 0 Å². The van der Waals surface area contributed by atoms with E-state index in [-0.39, 0.29) is 10.8 Å². The lowest BCUT2D eigenvalue weighted by Crippen LogP contribution is -2.61. The van der Waals surface area contributed by atoms with Crippen molar-refractivity contribution in [3.05, 3.63) is 0 Å². The molecule has 1 saturated heterocycles. The standard InChI is InChI=1S/C18H37NO2S/c1-4-6-8-10-12-14-18(3,13-11-9-7-5-2)19-15-17(16-19)22(20)21/h17,22H,4-16H2,1-3H3. The van der Waals surface area contributed by atoms with Crippen molar-refractivity contribution in [2.75, 3.05) is 13.1 Å². The number of nitrogens with zero attached hydrogens (tertiary/aromatic N) is 1. The lowest BCUT2D eigenvalue weighted by molar-refractivity contribution is 0.0288. The Hall–Kier alpha value is -0.0900. The minimum Gasteiger partial charge on any atom is -0.295 e. The van der Waals surface area contributed by atoms with Crippen molar-refractivity contribution in [2.45, 2.75) is 102 Å². The average Bonchev–Trinajstić information content (AvgIpc) is 2.41. The SMILES string of the molecule is CCCCCCCC(C)(CCCCCC)N1CC([SH](=O)=O)C1. The summed E-state index contributed by atoms with van der Waals surface area (Å²) < 4.78 is 22.2. The second kappa shape index (κ2) is 10.6. The number of likely N-dealkylation sites (tertiary alicyclic amines) is 1. The zero-order chi connectivity index (χ0) is 16.4. The Morgan fingerprint density at radius 1 is 0.864 bits per heavy atom. The highest BCUT2D eigenvalue weighted by Crippen LogP contribution is 2.33. The number of unbranched alkanes of at least 4 members (excludes halogenated alkanes) is 7. The maximum Gasteiger partial charge on any atom is 0.145 e. The van der Waals surface area contributed by atoms with Gasteiger partial charge < -0.3 is 0 Å². The van der Waals surface area contributed by atoms with E-state index in [2.05, 4.69) is 25.7 Å². The van der Waals surface area contributed by atoms with Gasteiger partial charge in [-0.05, 0) is 19.8 Å². The third kappa shape index (κ3) is 6.57. The van der Waals surface area contributed by atoms with Crippen molar-refractivity contribution >= 4 is 10.7 Å². The maximum absolute atomic E-state index is 11.1. The first kappa shape index (κ1) is 20.0. The van der Waals surface area contributed by atoms with Crippen LogP contribution in [0.1, 0.15) is 91.4 Å². The highest BCUT2D eigenvalue weighted by atomic mass is 32.2. The van der Waals surface area contributed by atoms with E-state index in [4.69, 9.17) is 0 Å². The molecule has 0 N–H and O–H groups in total. The van der Waals surface area contributed by atoms with E-state index in [1.807, 2.05) is 0 Å². The van der Waals surface area contributed by atoms with E-state index in [0.29, 0.717) is 0 Å². The summed E-state index contributed by atoms with van der Waals surface area (Å²) in [5.41, 5.74) is 0.224. The van der Waals surface area contributed by atoms with Gasteiger partial charge in [0.2, 0.25) is 0 Å². The minimum atomic E-state index is -2.23. The summed E-state index contributed by atoms with van der Waals surface area (Å²) in [4.78, 5) is 2.44. The van der Waals surface area contributed by atoms with Gasteiger partial charge in [0.15, 0.2) is 0 Å². The lowest BCUT2D eigenvalue weighted by Gasteiger charge is -2.49. The molecule has 0 aromatic heterocycles. The summed E-state index contributed by atoms with van der Waals surface area (Å²) in [6.07, 6.45) is 14.2. The van der Waals surface area contributed by atoms with Crippen molar-refractivity contribution in [3.63, 3.8) is 0 Å². The topological polar surface area (TPSA) is 37.4 Å². The van der Waals surface area contributed by atoms with Gasteiger partial charge in [-0.1, -0.05) is 71.6 Å². The Morgan fingerprint density at radius 3 is 1.77 bits per heavy atom. The maximum atomic E-state index is 11.1. The van der Waals surface area contributed by atoms with Gasteiger partial charge in [0.05, 0.1) is 5.25 Å². The number of hydrogen-bond acceptors (Lipinski definition) is 3. The van der Waals surface area contributed by atoms with E-state index >= 15 is 0 Å². The normalized spacial score (nSPS) is 19.3. The van der Waals surface area contributed by atoms with Crippen LogP contribution >= 0.6 is 0 Å². The Balaban J connectivity index is 2.42. The van der Waals surface area contributed by atoms with E-state index in [1.165, 1.54) is 70.6 Å². The molecule has 0 bridgehead atoms. The molecule has 3 nitrogen and oxygen atoms in total. The summed E-state index contributed by atoms with van der Waals surface area (Å²) in [6, 6.07) is 0. The molecule has 0 radical (unpaired) electrons. The van der Waals surface area contributed by atoms with Crippen molar-refractivity contribution in [3.8, 4) is 0 Å². The van der Waals surface area contributed by atoms with Crippen LogP contribution in [0.15, 0.2) is 0 Å². The molecular formula is C18H37NO2S. The Kier molecular flexibility index (Phi) is 9.65. The van der Waals surface area contributed by atoms with Crippen LogP contribution in [0.5, 0.6) is 0 Å². The van der Waals surface area contributed by atoms with E-state index in [0.717, 1.165) is 13.1 Å². The van der Waals surface area contributed by atoms with Crippen LogP contribution in [0.25, 0.3) is 0 Å². The fourth-order valence-corrected chi connectivity index (χ4v) is 4.17. The number of hydrogen-bond donors (Lipinski definition) is 1. The molecule has 0 aromatic carbocycles. The fraction of sp³-hybridized carbons (Fsp3) is 1.00. The second-order valence-corrected chi connectivity index (χ2v) is 8.62. The van der Waals surface area contributed by atoms with Crippen LogP contribution in [0.2, 0.25) is 0 Å². The van der Waals surface area contributed by atoms with Gasteiger partial charge in [-0.2, -0.15) is 0 Å². The second-order valence-electron chi connectivity index (χ2n) is 7.32. The molecule has 1 atom stereocenters. The van der Waals surface area contributed by atoms with Crippen molar-refractivity contribution in [1.82, 2.24) is 4.90 Å². The smallest absolute Gasteiger partial charge is 0.145 e. The number of thiol groups is 1. The fourth-order valence-electron chi connectivity index (χ4n) is 3.51. The molecule has 0 spiro atoms. The molecule has 0 saturated carbocycles. The summed E-state index contributed by atoms with van der Waals surface area (Å²) in [5.74, 6) is 0. The van der Waals surface area contributed by atoms with E-state index < -0.39 is 10.7 Å². The molecule has 1 fully saturated rings. The quantitative estimate of drug-likeness (QED) is 0.402. The monoisotopic (exact) mass is 331 g/mol. The van der Waals surface area contributed by atoms with E-state index in [9.17, 15) is 8.42 Å². The molecule has 4 heteroatoms. The Morgan fingerprint density at radius 2 is 1.32 bits per heavy atom. The summed E-state index contributed by atoms with van der Waals surface area (Å²) in [5, 5.41) is -0.0925. The molecule has 1 rings (SSSR count).